The molecule has 0 spiro atoms. The first-order valence-electron chi connectivity index (χ1n) is 5.06. The third-order valence-corrected chi connectivity index (χ3v) is 2.49. The van der Waals surface area contributed by atoms with Gasteiger partial charge in [0, 0.05) is 0 Å². The first-order chi connectivity index (χ1) is 6.21. The summed E-state index contributed by atoms with van der Waals surface area (Å²) in [5, 5.41) is 0. The molecule has 1 aliphatic heterocycles. The Labute approximate surface area is 79.4 Å². The second-order valence-electron chi connectivity index (χ2n) is 3.39. The maximum atomic E-state index is 11.5. The van der Waals surface area contributed by atoms with Crippen LogP contribution in [-0.4, -0.2) is 24.3 Å². The van der Waals surface area contributed by atoms with Gasteiger partial charge in [0.05, 0.1) is 12.7 Å². The fourth-order valence-corrected chi connectivity index (χ4v) is 1.58. The maximum absolute atomic E-state index is 11.5. The summed E-state index contributed by atoms with van der Waals surface area (Å²) in [6, 6.07) is 0. The van der Waals surface area contributed by atoms with E-state index >= 15 is 0 Å². The van der Waals surface area contributed by atoms with Gasteiger partial charge in [-0.2, -0.15) is 0 Å². The molecule has 0 bridgehead atoms. The van der Waals surface area contributed by atoms with Crippen LogP contribution in [0.3, 0.4) is 0 Å². The van der Waals surface area contributed by atoms with Crippen LogP contribution >= 0.6 is 0 Å². The SMILES string of the molecule is CCCOC(=O)C1(CC)OC1CC. The Balaban J connectivity index is 2.44. The lowest BCUT2D eigenvalue weighted by atomic mass is 10.0. The highest BCUT2D eigenvalue weighted by Gasteiger charge is 2.61. The number of hydrogen-bond donors (Lipinski definition) is 0. The monoisotopic (exact) mass is 186 g/mol. The van der Waals surface area contributed by atoms with E-state index in [1.807, 2.05) is 20.8 Å². The van der Waals surface area contributed by atoms with Gasteiger partial charge >= 0.3 is 5.97 Å². The van der Waals surface area contributed by atoms with Crippen molar-refractivity contribution in [2.75, 3.05) is 6.61 Å². The predicted molar refractivity (Wildman–Crippen MR) is 49.4 cm³/mol. The fraction of sp³-hybridized carbons (Fsp3) is 0.900. The molecular weight excluding hydrogens is 168 g/mol. The molecule has 3 nitrogen and oxygen atoms in total. The van der Waals surface area contributed by atoms with Crippen LogP contribution in [-0.2, 0) is 14.3 Å². The van der Waals surface area contributed by atoms with Crippen LogP contribution in [0.4, 0.5) is 0 Å². The molecule has 0 saturated carbocycles. The summed E-state index contributed by atoms with van der Waals surface area (Å²) in [4.78, 5) is 11.5. The Morgan fingerprint density at radius 3 is 2.54 bits per heavy atom. The second kappa shape index (κ2) is 4.09. The minimum Gasteiger partial charge on any atom is -0.463 e. The largest absolute Gasteiger partial charge is 0.463 e. The Kier molecular flexibility index (Phi) is 3.31. The third kappa shape index (κ3) is 1.85. The minimum atomic E-state index is -0.593. The van der Waals surface area contributed by atoms with Gasteiger partial charge < -0.3 is 9.47 Å². The van der Waals surface area contributed by atoms with Crippen molar-refractivity contribution in [2.24, 2.45) is 0 Å². The topological polar surface area (TPSA) is 38.8 Å². The van der Waals surface area contributed by atoms with E-state index in [1.54, 1.807) is 0 Å². The minimum absolute atomic E-state index is 0.0851. The first-order valence-corrected chi connectivity index (χ1v) is 5.06. The van der Waals surface area contributed by atoms with E-state index in [2.05, 4.69) is 0 Å². The van der Waals surface area contributed by atoms with Crippen molar-refractivity contribution in [3.63, 3.8) is 0 Å². The van der Waals surface area contributed by atoms with Gasteiger partial charge in [-0.15, -0.1) is 0 Å². The molecule has 1 rings (SSSR count). The number of esters is 1. The standard InChI is InChI=1S/C10H18O3/c1-4-7-12-9(11)10(6-3)8(5-2)13-10/h8H,4-7H2,1-3H3. The lowest BCUT2D eigenvalue weighted by Crippen LogP contribution is -2.29. The number of rotatable bonds is 5. The smallest absolute Gasteiger partial charge is 0.341 e. The lowest BCUT2D eigenvalue weighted by Gasteiger charge is -2.09. The van der Waals surface area contributed by atoms with Gasteiger partial charge in [0.25, 0.3) is 0 Å². The number of epoxide rings is 1. The van der Waals surface area contributed by atoms with Gasteiger partial charge in [-0.1, -0.05) is 20.8 Å². The molecule has 0 aromatic carbocycles. The second-order valence-corrected chi connectivity index (χ2v) is 3.39. The molecular formula is C10H18O3. The van der Waals surface area contributed by atoms with Crippen molar-refractivity contribution in [3.05, 3.63) is 0 Å². The number of ether oxygens (including phenoxy) is 2. The van der Waals surface area contributed by atoms with E-state index in [9.17, 15) is 4.79 Å². The highest BCUT2D eigenvalue weighted by atomic mass is 16.7. The lowest BCUT2D eigenvalue weighted by molar-refractivity contribution is -0.150. The van der Waals surface area contributed by atoms with Crippen molar-refractivity contribution in [1.29, 1.82) is 0 Å². The van der Waals surface area contributed by atoms with Gasteiger partial charge in [-0.25, -0.2) is 4.79 Å². The zero-order valence-corrected chi connectivity index (χ0v) is 8.63. The zero-order valence-electron chi connectivity index (χ0n) is 8.63. The van der Waals surface area contributed by atoms with Crippen molar-refractivity contribution < 1.29 is 14.3 Å². The summed E-state index contributed by atoms with van der Waals surface area (Å²) >= 11 is 0. The number of hydrogen-bond acceptors (Lipinski definition) is 3. The third-order valence-electron chi connectivity index (χ3n) is 2.49. The Morgan fingerprint density at radius 1 is 1.46 bits per heavy atom. The van der Waals surface area contributed by atoms with Crippen LogP contribution < -0.4 is 0 Å². The van der Waals surface area contributed by atoms with Crippen LogP contribution in [0.1, 0.15) is 40.0 Å². The van der Waals surface area contributed by atoms with Gasteiger partial charge in [0.2, 0.25) is 0 Å². The van der Waals surface area contributed by atoms with Crippen LogP contribution in [0, 0.1) is 0 Å². The van der Waals surface area contributed by atoms with Gasteiger partial charge in [0.1, 0.15) is 0 Å². The van der Waals surface area contributed by atoms with E-state index in [0.29, 0.717) is 13.0 Å². The molecule has 2 unspecified atom stereocenters. The summed E-state index contributed by atoms with van der Waals surface area (Å²) in [7, 11) is 0. The molecule has 1 fully saturated rings. The van der Waals surface area contributed by atoms with E-state index in [0.717, 1.165) is 12.8 Å². The average molecular weight is 186 g/mol. The molecule has 0 aromatic rings. The van der Waals surface area contributed by atoms with E-state index < -0.39 is 5.60 Å². The molecule has 1 aliphatic rings. The quantitative estimate of drug-likeness (QED) is 0.486. The van der Waals surface area contributed by atoms with Crippen LogP contribution in [0.5, 0.6) is 0 Å². The first kappa shape index (κ1) is 10.5. The Hall–Kier alpha value is -0.570. The summed E-state index contributed by atoms with van der Waals surface area (Å²) in [5.74, 6) is -0.177. The predicted octanol–water partition coefficient (Wildman–Crippen LogP) is 1.90. The Bertz CT molecular complexity index is 191. The van der Waals surface area contributed by atoms with E-state index in [-0.39, 0.29) is 12.1 Å². The summed E-state index contributed by atoms with van der Waals surface area (Å²) in [6.45, 7) is 6.47. The van der Waals surface area contributed by atoms with Crippen LogP contribution in [0.25, 0.3) is 0 Å². The van der Waals surface area contributed by atoms with Crippen molar-refractivity contribution in [2.45, 2.75) is 51.7 Å². The van der Waals surface area contributed by atoms with Gasteiger partial charge in [0.15, 0.2) is 5.60 Å². The Morgan fingerprint density at radius 2 is 2.15 bits per heavy atom. The van der Waals surface area contributed by atoms with E-state index in [4.69, 9.17) is 9.47 Å². The summed E-state index contributed by atoms with van der Waals surface area (Å²) in [6.07, 6.45) is 2.55. The van der Waals surface area contributed by atoms with E-state index in [1.165, 1.54) is 0 Å². The maximum Gasteiger partial charge on any atom is 0.341 e. The summed E-state index contributed by atoms with van der Waals surface area (Å²) in [5.41, 5.74) is -0.593. The highest BCUT2D eigenvalue weighted by Crippen LogP contribution is 2.42. The molecule has 3 heteroatoms. The van der Waals surface area contributed by atoms with Gasteiger partial charge in [-0.3, -0.25) is 0 Å². The fourth-order valence-electron chi connectivity index (χ4n) is 1.58. The van der Waals surface area contributed by atoms with Crippen molar-refractivity contribution in [1.82, 2.24) is 0 Å². The van der Waals surface area contributed by atoms with Crippen molar-refractivity contribution in [3.8, 4) is 0 Å². The molecule has 13 heavy (non-hydrogen) atoms. The normalized spacial score (nSPS) is 31.5. The molecule has 0 aromatic heterocycles. The van der Waals surface area contributed by atoms with Crippen LogP contribution in [0.2, 0.25) is 0 Å². The molecule has 1 heterocycles. The molecule has 0 N–H and O–H groups in total. The molecule has 1 saturated heterocycles. The highest BCUT2D eigenvalue weighted by molar-refractivity contribution is 5.83. The molecule has 2 atom stereocenters. The molecule has 0 aliphatic carbocycles. The van der Waals surface area contributed by atoms with Gasteiger partial charge in [-0.05, 0) is 19.3 Å². The molecule has 0 amide bonds. The summed E-state index contributed by atoms with van der Waals surface area (Å²) < 4.78 is 10.5. The number of carbonyl (C=O) groups excluding carboxylic acids is 1. The average Bonchev–Trinajstić information content (AvgIpc) is 2.89. The molecule has 76 valence electrons. The van der Waals surface area contributed by atoms with Crippen molar-refractivity contribution >= 4 is 5.97 Å². The zero-order chi connectivity index (χ0) is 9.90. The van der Waals surface area contributed by atoms with Crippen LogP contribution in [0.15, 0.2) is 0 Å². The number of carbonyl (C=O) groups is 1. The molecule has 0 radical (unpaired) electrons.